The van der Waals surface area contributed by atoms with Crippen molar-refractivity contribution in [1.82, 2.24) is 4.90 Å². The summed E-state index contributed by atoms with van der Waals surface area (Å²) in [7, 11) is -1.91. The molecule has 0 unspecified atom stereocenters. The molecular weight excluding hydrogens is 310 g/mol. The molecular formula is C17H35NO4Si. The van der Waals surface area contributed by atoms with E-state index in [0.717, 1.165) is 6.42 Å². The quantitative estimate of drug-likeness (QED) is 0.794. The van der Waals surface area contributed by atoms with Crippen LogP contribution in [0.3, 0.4) is 0 Å². The van der Waals surface area contributed by atoms with Gasteiger partial charge in [0.15, 0.2) is 8.32 Å². The Bertz CT molecular complexity index is 412. The lowest BCUT2D eigenvalue weighted by molar-refractivity contribution is -0.0111. The molecule has 1 saturated heterocycles. The Morgan fingerprint density at radius 2 is 1.74 bits per heavy atom. The molecule has 0 spiro atoms. The molecule has 1 rings (SSSR count). The van der Waals surface area contributed by atoms with Crippen molar-refractivity contribution in [3.8, 4) is 0 Å². The monoisotopic (exact) mass is 345 g/mol. The number of ether oxygens (including phenoxy) is 1. The van der Waals surface area contributed by atoms with E-state index < -0.39 is 13.9 Å². The molecule has 1 fully saturated rings. The third-order valence-corrected chi connectivity index (χ3v) is 9.21. The second-order valence-corrected chi connectivity index (χ2v) is 13.9. The summed E-state index contributed by atoms with van der Waals surface area (Å²) in [4.78, 5) is 14.0. The molecule has 6 heteroatoms. The number of hydrogen-bond acceptors (Lipinski definition) is 4. The number of nitrogens with zero attached hydrogens (tertiary/aromatic N) is 1. The summed E-state index contributed by atoms with van der Waals surface area (Å²) in [6, 6.07) is 0. The summed E-state index contributed by atoms with van der Waals surface area (Å²) in [6.07, 6.45) is 0.441. The van der Waals surface area contributed by atoms with Gasteiger partial charge in [-0.15, -0.1) is 0 Å². The summed E-state index contributed by atoms with van der Waals surface area (Å²) >= 11 is 0. The Kier molecular flexibility index (Phi) is 6.32. The van der Waals surface area contributed by atoms with Gasteiger partial charge in [-0.05, 0) is 45.3 Å². The molecule has 1 aliphatic rings. The summed E-state index contributed by atoms with van der Waals surface area (Å²) in [6.45, 7) is 17.8. The number of carbonyl (C=O) groups is 1. The number of aliphatic hydroxyl groups is 1. The fourth-order valence-electron chi connectivity index (χ4n) is 2.44. The van der Waals surface area contributed by atoms with E-state index in [-0.39, 0.29) is 29.8 Å². The maximum Gasteiger partial charge on any atom is 0.410 e. The molecule has 0 aromatic heterocycles. The van der Waals surface area contributed by atoms with E-state index in [2.05, 4.69) is 33.9 Å². The van der Waals surface area contributed by atoms with Gasteiger partial charge in [-0.25, -0.2) is 4.79 Å². The Morgan fingerprint density at radius 1 is 1.17 bits per heavy atom. The summed E-state index contributed by atoms with van der Waals surface area (Å²) < 4.78 is 11.9. The van der Waals surface area contributed by atoms with Crippen LogP contribution in [0.2, 0.25) is 18.1 Å². The number of piperidine rings is 1. The molecule has 0 aromatic carbocycles. The zero-order valence-electron chi connectivity index (χ0n) is 16.1. The van der Waals surface area contributed by atoms with Crippen molar-refractivity contribution >= 4 is 14.4 Å². The second kappa shape index (κ2) is 7.11. The van der Waals surface area contributed by atoms with Gasteiger partial charge in [0.2, 0.25) is 0 Å². The van der Waals surface area contributed by atoms with Gasteiger partial charge in [0.05, 0.1) is 6.10 Å². The lowest BCUT2D eigenvalue weighted by atomic mass is 9.97. The van der Waals surface area contributed by atoms with Crippen LogP contribution in [-0.2, 0) is 9.16 Å². The fourth-order valence-corrected chi connectivity index (χ4v) is 3.80. The highest BCUT2D eigenvalue weighted by atomic mass is 28.4. The van der Waals surface area contributed by atoms with Gasteiger partial charge in [0.25, 0.3) is 0 Å². The number of amides is 1. The first kappa shape index (κ1) is 20.5. The van der Waals surface area contributed by atoms with Crippen LogP contribution in [0, 0.1) is 5.92 Å². The van der Waals surface area contributed by atoms with E-state index in [1.807, 2.05) is 20.8 Å². The first-order valence-electron chi connectivity index (χ1n) is 8.52. The molecule has 2 atom stereocenters. The van der Waals surface area contributed by atoms with Gasteiger partial charge in [0, 0.05) is 25.6 Å². The minimum absolute atomic E-state index is 0.0330. The van der Waals surface area contributed by atoms with Crippen molar-refractivity contribution in [2.24, 2.45) is 5.92 Å². The van der Waals surface area contributed by atoms with Crippen LogP contribution in [0.15, 0.2) is 0 Å². The van der Waals surface area contributed by atoms with Crippen LogP contribution >= 0.6 is 0 Å². The number of rotatable bonds is 3. The minimum atomic E-state index is -1.91. The summed E-state index contributed by atoms with van der Waals surface area (Å²) in [5.74, 6) is 0.0473. The van der Waals surface area contributed by atoms with Crippen LogP contribution in [0.5, 0.6) is 0 Å². The van der Waals surface area contributed by atoms with Gasteiger partial charge in [0.1, 0.15) is 5.60 Å². The molecule has 5 nitrogen and oxygen atoms in total. The van der Waals surface area contributed by atoms with Gasteiger partial charge in [-0.2, -0.15) is 0 Å². The highest BCUT2D eigenvalue weighted by Gasteiger charge is 2.42. The third kappa shape index (κ3) is 6.08. The van der Waals surface area contributed by atoms with Crippen LogP contribution < -0.4 is 0 Å². The molecule has 1 heterocycles. The maximum absolute atomic E-state index is 12.4. The zero-order chi connectivity index (χ0) is 18.1. The fraction of sp³-hybridized carbons (Fsp3) is 0.941. The Morgan fingerprint density at radius 3 is 2.17 bits per heavy atom. The summed E-state index contributed by atoms with van der Waals surface area (Å²) in [5.41, 5.74) is -0.515. The average molecular weight is 346 g/mol. The molecule has 0 saturated carbocycles. The molecule has 136 valence electrons. The minimum Gasteiger partial charge on any atom is -0.444 e. The lowest BCUT2D eigenvalue weighted by Crippen LogP contribution is -2.53. The Balaban J connectivity index is 2.80. The molecule has 1 amide bonds. The highest BCUT2D eigenvalue weighted by Crippen LogP contribution is 2.38. The normalized spacial score (nSPS) is 23.8. The molecule has 0 aliphatic carbocycles. The van der Waals surface area contributed by atoms with Crippen molar-refractivity contribution in [1.29, 1.82) is 0 Å². The van der Waals surface area contributed by atoms with Crippen molar-refractivity contribution in [2.75, 3.05) is 19.7 Å². The third-order valence-electron chi connectivity index (χ3n) is 4.68. The average Bonchev–Trinajstić information content (AvgIpc) is 2.34. The van der Waals surface area contributed by atoms with E-state index in [1.54, 1.807) is 4.90 Å². The molecule has 0 bridgehead atoms. The Labute approximate surface area is 142 Å². The van der Waals surface area contributed by atoms with E-state index in [0.29, 0.717) is 13.1 Å². The summed E-state index contributed by atoms with van der Waals surface area (Å²) in [5, 5.41) is 9.70. The van der Waals surface area contributed by atoms with Crippen LogP contribution in [-0.4, -0.2) is 55.8 Å². The molecule has 0 aromatic rings. The Hall–Kier alpha value is -0.593. The highest BCUT2D eigenvalue weighted by molar-refractivity contribution is 6.74. The predicted molar refractivity (Wildman–Crippen MR) is 95.1 cm³/mol. The van der Waals surface area contributed by atoms with Gasteiger partial charge < -0.3 is 19.2 Å². The largest absolute Gasteiger partial charge is 0.444 e. The van der Waals surface area contributed by atoms with E-state index in [1.165, 1.54) is 0 Å². The number of aliphatic hydroxyl groups excluding tert-OH is 1. The van der Waals surface area contributed by atoms with Crippen molar-refractivity contribution in [2.45, 2.75) is 77.8 Å². The number of hydrogen-bond donors (Lipinski definition) is 1. The standard InChI is InChI=1S/C17H35NO4Si/c1-16(2,3)21-15(20)18-10-13(12-19)9-14(11-18)22-23(7,8)17(4,5)6/h13-14,19H,9-12H2,1-8H3/t13-,14-/m0/s1. The predicted octanol–water partition coefficient (Wildman–Crippen LogP) is 3.63. The molecule has 1 aliphatic heterocycles. The molecule has 0 radical (unpaired) electrons. The van der Waals surface area contributed by atoms with Crippen LogP contribution in [0.1, 0.15) is 48.0 Å². The van der Waals surface area contributed by atoms with Gasteiger partial charge in [-0.1, -0.05) is 20.8 Å². The second-order valence-electron chi connectivity index (χ2n) is 9.17. The van der Waals surface area contributed by atoms with E-state index >= 15 is 0 Å². The number of carbonyl (C=O) groups excluding carboxylic acids is 1. The first-order valence-corrected chi connectivity index (χ1v) is 11.4. The van der Waals surface area contributed by atoms with Crippen molar-refractivity contribution < 1.29 is 19.1 Å². The molecule has 1 N–H and O–H groups in total. The van der Waals surface area contributed by atoms with Gasteiger partial charge >= 0.3 is 6.09 Å². The molecule has 23 heavy (non-hydrogen) atoms. The zero-order valence-corrected chi connectivity index (χ0v) is 17.1. The van der Waals surface area contributed by atoms with E-state index in [4.69, 9.17) is 9.16 Å². The number of likely N-dealkylation sites (tertiary alicyclic amines) is 1. The topological polar surface area (TPSA) is 59.0 Å². The van der Waals surface area contributed by atoms with Crippen LogP contribution in [0.4, 0.5) is 4.79 Å². The first-order chi connectivity index (χ1) is 10.2. The SMILES string of the molecule is CC(C)(C)OC(=O)N1C[C@@H](CO)C[C@H](O[Si](C)(C)C(C)(C)C)C1. The van der Waals surface area contributed by atoms with Crippen LogP contribution in [0.25, 0.3) is 0 Å². The lowest BCUT2D eigenvalue weighted by Gasteiger charge is -2.44. The van der Waals surface area contributed by atoms with E-state index in [9.17, 15) is 9.90 Å². The maximum atomic E-state index is 12.4. The van der Waals surface area contributed by atoms with Gasteiger partial charge in [-0.3, -0.25) is 0 Å². The smallest absolute Gasteiger partial charge is 0.410 e. The van der Waals surface area contributed by atoms with Crippen molar-refractivity contribution in [3.63, 3.8) is 0 Å². The van der Waals surface area contributed by atoms with Crippen molar-refractivity contribution in [3.05, 3.63) is 0 Å².